The second kappa shape index (κ2) is 3.14. The second-order valence-electron chi connectivity index (χ2n) is 4.95. The number of hydrogen-bond donors (Lipinski definition) is 1. The van der Waals surface area contributed by atoms with Crippen LogP contribution in [0.25, 0.3) is 32.3 Å². The van der Waals surface area contributed by atoms with Crippen molar-refractivity contribution >= 4 is 38.0 Å². The van der Waals surface area contributed by atoms with Gasteiger partial charge in [-0.15, -0.1) is 0 Å². The first-order valence-electron chi connectivity index (χ1n) is 6.18. The van der Waals surface area contributed by atoms with Crippen LogP contribution < -0.4 is 5.73 Å². The monoisotopic (exact) mass is 231 g/mol. The Morgan fingerprint density at radius 1 is 0.778 bits per heavy atom. The van der Waals surface area contributed by atoms with E-state index < -0.39 is 0 Å². The van der Waals surface area contributed by atoms with Crippen molar-refractivity contribution in [3.05, 3.63) is 54.1 Å². The molecule has 0 aliphatic carbocycles. The van der Waals surface area contributed by atoms with Crippen LogP contribution in [0.15, 0.2) is 48.5 Å². The SMILES string of the molecule is Cc1c(N)cc2ccc3cccc4ccc1c2c34. The molecule has 0 aliphatic heterocycles. The molecule has 1 nitrogen and oxygen atoms in total. The van der Waals surface area contributed by atoms with E-state index in [9.17, 15) is 0 Å². The van der Waals surface area contributed by atoms with Gasteiger partial charge in [0, 0.05) is 5.69 Å². The molecule has 18 heavy (non-hydrogen) atoms. The maximum atomic E-state index is 6.09. The van der Waals surface area contributed by atoms with Gasteiger partial charge in [0.05, 0.1) is 0 Å². The Kier molecular flexibility index (Phi) is 1.69. The molecule has 0 fully saturated rings. The zero-order valence-electron chi connectivity index (χ0n) is 10.2. The van der Waals surface area contributed by atoms with E-state index in [1.807, 2.05) is 0 Å². The van der Waals surface area contributed by atoms with E-state index in [0.717, 1.165) is 5.69 Å². The molecule has 4 aromatic rings. The molecule has 0 aliphatic rings. The first-order chi connectivity index (χ1) is 8.75. The lowest BCUT2D eigenvalue weighted by Crippen LogP contribution is -1.92. The smallest absolute Gasteiger partial charge is 0.0356 e. The molecule has 0 spiro atoms. The molecule has 0 bridgehead atoms. The van der Waals surface area contributed by atoms with Gasteiger partial charge >= 0.3 is 0 Å². The highest BCUT2D eigenvalue weighted by Crippen LogP contribution is 2.37. The van der Waals surface area contributed by atoms with Crippen LogP contribution in [0.5, 0.6) is 0 Å². The number of nitrogen functional groups attached to an aromatic ring is 1. The Balaban J connectivity index is 2.46. The number of benzene rings is 4. The Bertz CT molecular complexity index is 874. The number of aryl methyl sites for hydroxylation is 1. The van der Waals surface area contributed by atoms with Crippen LogP contribution in [0.4, 0.5) is 5.69 Å². The van der Waals surface area contributed by atoms with Crippen LogP contribution >= 0.6 is 0 Å². The third-order valence-corrected chi connectivity index (χ3v) is 3.96. The summed E-state index contributed by atoms with van der Waals surface area (Å²) in [5.41, 5.74) is 8.15. The van der Waals surface area contributed by atoms with E-state index >= 15 is 0 Å². The fourth-order valence-corrected chi connectivity index (χ4v) is 2.97. The highest BCUT2D eigenvalue weighted by Gasteiger charge is 2.10. The summed E-state index contributed by atoms with van der Waals surface area (Å²) in [6, 6.07) is 17.3. The van der Waals surface area contributed by atoms with Gasteiger partial charge in [0.15, 0.2) is 0 Å². The first-order valence-corrected chi connectivity index (χ1v) is 6.18. The molecule has 0 aromatic heterocycles. The van der Waals surface area contributed by atoms with Crippen LogP contribution in [-0.2, 0) is 0 Å². The summed E-state index contributed by atoms with van der Waals surface area (Å²) in [7, 11) is 0. The highest BCUT2D eigenvalue weighted by atomic mass is 14.6. The minimum absolute atomic E-state index is 0.876. The van der Waals surface area contributed by atoms with Crippen molar-refractivity contribution in [2.75, 3.05) is 5.73 Å². The molecule has 0 saturated heterocycles. The normalized spacial score (nSPS) is 11.8. The Morgan fingerprint density at radius 3 is 2.22 bits per heavy atom. The van der Waals surface area contributed by atoms with Gasteiger partial charge in [-0.3, -0.25) is 0 Å². The third kappa shape index (κ3) is 1.06. The Labute approximate surface area is 105 Å². The summed E-state index contributed by atoms with van der Waals surface area (Å²) in [4.78, 5) is 0. The lowest BCUT2D eigenvalue weighted by atomic mass is 9.91. The van der Waals surface area contributed by atoms with Crippen molar-refractivity contribution < 1.29 is 0 Å². The van der Waals surface area contributed by atoms with Crippen LogP contribution in [0, 0.1) is 6.92 Å². The summed E-state index contributed by atoms with van der Waals surface area (Å²) in [6.07, 6.45) is 0. The minimum atomic E-state index is 0.876. The average molecular weight is 231 g/mol. The van der Waals surface area contributed by atoms with Crippen molar-refractivity contribution in [1.29, 1.82) is 0 Å². The molecular weight excluding hydrogens is 218 g/mol. The van der Waals surface area contributed by atoms with Gasteiger partial charge in [-0.05, 0) is 50.9 Å². The fourth-order valence-electron chi connectivity index (χ4n) is 2.97. The Hall–Kier alpha value is -2.28. The molecule has 1 heteroatoms. The highest BCUT2D eigenvalue weighted by molar-refractivity contribution is 6.24. The lowest BCUT2D eigenvalue weighted by Gasteiger charge is -2.13. The van der Waals surface area contributed by atoms with Crippen molar-refractivity contribution in [3.8, 4) is 0 Å². The van der Waals surface area contributed by atoms with E-state index in [-0.39, 0.29) is 0 Å². The average Bonchev–Trinajstić information content (AvgIpc) is 2.40. The summed E-state index contributed by atoms with van der Waals surface area (Å²) >= 11 is 0. The van der Waals surface area contributed by atoms with Crippen LogP contribution in [0.3, 0.4) is 0 Å². The number of anilines is 1. The van der Waals surface area contributed by atoms with Crippen molar-refractivity contribution in [2.24, 2.45) is 0 Å². The van der Waals surface area contributed by atoms with Crippen molar-refractivity contribution in [2.45, 2.75) is 6.92 Å². The van der Waals surface area contributed by atoms with E-state index in [1.54, 1.807) is 0 Å². The van der Waals surface area contributed by atoms with Gasteiger partial charge in [-0.1, -0.05) is 42.5 Å². The predicted molar refractivity (Wildman–Crippen MR) is 79.3 cm³/mol. The number of rotatable bonds is 0. The molecule has 2 N–H and O–H groups in total. The standard InChI is InChI=1S/C17H13N/c1-10-14-8-7-12-4-2-3-11-5-6-13(9-15(10)18)17(14)16(11)12/h2-9H,18H2,1H3. The van der Waals surface area contributed by atoms with Gasteiger partial charge in [0.2, 0.25) is 0 Å². The number of nitrogens with two attached hydrogens (primary N) is 1. The maximum Gasteiger partial charge on any atom is 0.0356 e. The van der Waals surface area contributed by atoms with Gasteiger partial charge in [0.1, 0.15) is 0 Å². The molecular formula is C17H13N. The van der Waals surface area contributed by atoms with Gasteiger partial charge < -0.3 is 5.73 Å². The Morgan fingerprint density at radius 2 is 1.44 bits per heavy atom. The topological polar surface area (TPSA) is 26.0 Å². The molecule has 4 rings (SSSR count). The molecule has 0 radical (unpaired) electrons. The van der Waals surface area contributed by atoms with E-state index in [0.29, 0.717) is 0 Å². The van der Waals surface area contributed by atoms with Gasteiger partial charge in [0.25, 0.3) is 0 Å². The molecule has 0 amide bonds. The molecule has 0 heterocycles. The maximum absolute atomic E-state index is 6.09. The quantitative estimate of drug-likeness (QED) is 0.350. The van der Waals surface area contributed by atoms with Gasteiger partial charge in [-0.2, -0.15) is 0 Å². The minimum Gasteiger partial charge on any atom is -0.398 e. The van der Waals surface area contributed by atoms with Crippen LogP contribution in [0.1, 0.15) is 5.56 Å². The summed E-state index contributed by atoms with van der Waals surface area (Å²) in [5.74, 6) is 0. The van der Waals surface area contributed by atoms with E-state index in [4.69, 9.17) is 5.73 Å². The lowest BCUT2D eigenvalue weighted by molar-refractivity contribution is 1.54. The summed E-state index contributed by atoms with van der Waals surface area (Å²) in [5, 5.41) is 7.81. The molecule has 0 saturated carbocycles. The first kappa shape index (κ1) is 9.72. The zero-order valence-corrected chi connectivity index (χ0v) is 10.2. The molecule has 86 valence electrons. The van der Waals surface area contributed by atoms with Crippen LogP contribution in [0.2, 0.25) is 0 Å². The van der Waals surface area contributed by atoms with Crippen LogP contribution in [-0.4, -0.2) is 0 Å². The number of hydrogen-bond acceptors (Lipinski definition) is 1. The third-order valence-electron chi connectivity index (χ3n) is 3.96. The second-order valence-corrected chi connectivity index (χ2v) is 4.95. The summed E-state index contributed by atoms with van der Waals surface area (Å²) < 4.78 is 0. The van der Waals surface area contributed by atoms with Crippen molar-refractivity contribution in [1.82, 2.24) is 0 Å². The zero-order chi connectivity index (χ0) is 12.3. The van der Waals surface area contributed by atoms with E-state index in [2.05, 4.69) is 55.5 Å². The molecule has 4 aromatic carbocycles. The fraction of sp³-hybridized carbons (Fsp3) is 0.0588. The van der Waals surface area contributed by atoms with Gasteiger partial charge in [-0.25, -0.2) is 0 Å². The summed E-state index contributed by atoms with van der Waals surface area (Å²) in [6.45, 7) is 2.10. The predicted octanol–water partition coefficient (Wildman–Crippen LogP) is 4.47. The van der Waals surface area contributed by atoms with Crippen molar-refractivity contribution in [3.63, 3.8) is 0 Å². The molecule has 0 atom stereocenters. The van der Waals surface area contributed by atoms with E-state index in [1.165, 1.54) is 37.9 Å². The largest absolute Gasteiger partial charge is 0.398 e. The molecule has 0 unspecified atom stereocenters.